The minimum Gasteiger partial charge on any atom is -0.369 e. The van der Waals surface area contributed by atoms with Crippen molar-refractivity contribution in [3.63, 3.8) is 0 Å². The minimum atomic E-state index is -5.67. The SMILES string of the molecule is NC(=O)Cc1ccc(NC(=O)c2ccccc2NS(=O)(=O)C(F)(F)F)cc1. The van der Waals surface area contributed by atoms with Crippen LogP contribution in [-0.4, -0.2) is 25.7 Å². The molecule has 2 aromatic carbocycles. The van der Waals surface area contributed by atoms with Gasteiger partial charge in [-0.15, -0.1) is 0 Å². The van der Waals surface area contributed by atoms with Gasteiger partial charge in [-0.1, -0.05) is 24.3 Å². The average molecular weight is 401 g/mol. The molecule has 27 heavy (non-hydrogen) atoms. The predicted molar refractivity (Wildman–Crippen MR) is 92.3 cm³/mol. The number of para-hydroxylation sites is 1. The maximum Gasteiger partial charge on any atom is 0.516 e. The number of anilines is 2. The molecule has 144 valence electrons. The highest BCUT2D eigenvalue weighted by atomic mass is 32.2. The first-order valence-corrected chi connectivity index (χ1v) is 8.84. The lowest BCUT2D eigenvalue weighted by Gasteiger charge is -2.14. The third-order valence-electron chi connectivity index (χ3n) is 3.31. The fourth-order valence-corrected chi connectivity index (χ4v) is 2.66. The van der Waals surface area contributed by atoms with Gasteiger partial charge in [-0.05, 0) is 29.8 Å². The van der Waals surface area contributed by atoms with Crippen LogP contribution in [0.4, 0.5) is 24.5 Å². The summed E-state index contributed by atoms with van der Waals surface area (Å²) in [6.45, 7) is 0. The van der Waals surface area contributed by atoms with Gasteiger partial charge in [0.1, 0.15) is 0 Å². The molecule has 7 nitrogen and oxygen atoms in total. The summed E-state index contributed by atoms with van der Waals surface area (Å²) in [6.07, 6.45) is 0.0102. The van der Waals surface area contributed by atoms with Crippen molar-refractivity contribution in [1.29, 1.82) is 0 Å². The third kappa shape index (κ3) is 5.20. The molecule has 0 unspecified atom stereocenters. The van der Waals surface area contributed by atoms with Gasteiger partial charge in [-0.3, -0.25) is 14.3 Å². The summed E-state index contributed by atoms with van der Waals surface area (Å²) in [5.74, 6) is -1.35. The van der Waals surface area contributed by atoms with Crippen LogP contribution < -0.4 is 15.8 Å². The molecule has 0 fully saturated rings. The van der Waals surface area contributed by atoms with E-state index in [2.05, 4.69) is 5.32 Å². The topological polar surface area (TPSA) is 118 Å². The van der Waals surface area contributed by atoms with Crippen molar-refractivity contribution in [2.75, 3.05) is 10.0 Å². The number of hydrogen-bond donors (Lipinski definition) is 3. The van der Waals surface area contributed by atoms with Gasteiger partial charge in [0.25, 0.3) is 5.91 Å². The number of primary amides is 1. The second kappa shape index (κ2) is 7.66. The zero-order chi connectivity index (χ0) is 20.2. The number of sulfonamides is 1. The number of carbonyl (C=O) groups excluding carboxylic acids is 2. The first-order chi connectivity index (χ1) is 12.5. The fraction of sp³-hybridized carbons (Fsp3) is 0.125. The molecule has 0 saturated heterocycles. The molecule has 2 rings (SSSR count). The van der Waals surface area contributed by atoms with Crippen molar-refractivity contribution in [3.05, 3.63) is 59.7 Å². The number of carbonyl (C=O) groups is 2. The second-order valence-electron chi connectivity index (χ2n) is 5.39. The van der Waals surface area contributed by atoms with Gasteiger partial charge in [0.2, 0.25) is 5.91 Å². The van der Waals surface area contributed by atoms with Gasteiger partial charge in [0.05, 0.1) is 17.7 Å². The molecule has 0 bridgehead atoms. The molecule has 4 N–H and O–H groups in total. The van der Waals surface area contributed by atoms with Crippen LogP contribution in [0.15, 0.2) is 48.5 Å². The number of nitrogens with two attached hydrogens (primary N) is 1. The van der Waals surface area contributed by atoms with Crippen molar-refractivity contribution >= 4 is 33.2 Å². The number of nitrogens with one attached hydrogen (secondary N) is 2. The maximum absolute atomic E-state index is 12.5. The van der Waals surface area contributed by atoms with Crippen molar-refractivity contribution in [2.24, 2.45) is 5.73 Å². The van der Waals surface area contributed by atoms with E-state index >= 15 is 0 Å². The third-order valence-corrected chi connectivity index (χ3v) is 4.41. The summed E-state index contributed by atoms with van der Waals surface area (Å²) in [6, 6.07) is 10.9. The highest BCUT2D eigenvalue weighted by Gasteiger charge is 2.46. The highest BCUT2D eigenvalue weighted by molar-refractivity contribution is 7.93. The van der Waals surface area contributed by atoms with Crippen molar-refractivity contribution < 1.29 is 31.2 Å². The van der Waals surface area contributed by atoms with E-state index in [0.29, 0.717) is 11.3 Å². The summed E-state index contributed by atoms with van der Waals surface area (Å²) >= 11 is 0. The number of amides is 2. The van der Waals surface area contributed by atoms with Crippen molar-refractivity contribution in [3.8, 4) is 0 Å². The van der Waals surface area contributed by atoms with Gasteiger partial charge < -0.3 is 11.1 Å². The summed E-state index contributed by atoms with van der Waals surface area (Å²) in [4.78, 5) is 23.2. The Morgan fingerprint density at radius 1 is 1.00 bits per heavy atom. The molecular weight excluding hydrogens is 387 g/mol. The summed E-state index contributed by atoms with van der Waals surface area (Å²) in [5.41, 5.74) is -0.361. The van der Waals surface area contributed by atoms with Crippen LogP contribution in [0.25, 0.3) is 0 Å². The normalized spacial score (nSPS) is 11.7. The Balaban J connectivity index is 2.21. The van der Waals surface area contributed by atoms with Gasteiger partial charge >= 0.3 is 15.5 Å². The van der Waals surface area contributed by atoms with Gasteiger partial charge in [0, 0.05) is 5.69 Å². The molecule has 0 aromatic heterocycles. The first-order valence-electron chi connectivity index (χ1n) is 7.36. The Labute approximate surface area is 152 Å². The van der Waals surface area contributed by atoms with Crippen molar-refractivity contribution in [1.82, 2.24) is 0 Å². The smallest absolute Gasteiger partial charge is 0.369 e. The predicted octanol–water partition coefficient (Wildman–Crippen LogP) is 2.23. The van der Waals surface area contributed by atoms with Crippen molar-refractivity contribution in [2.45, 2.75) is 11.9 Å². The quantitative estimate of drug-likeness (QED) is 0.688. The largest absolute Gasteiger partial charge is 0.516 e. The number of alkyl halides is 3. The Morgan fingerprint density at radius 2 is 1.59 bits per heavy atom. The molecule has 0 spiro atoms. The Hall–Kier alpha value is -3.08. The zero-order valence-electron chi connectivity index (χ0n) is 13.6. The molecule has 0 heterocycles. The monoisotopic (exact) mass is 401 g/mol. The molecule has 2 aromatic rings. The number of hydrogen-bond acceptors (Lipinski definition) is 4. The van der Waals surface area contributed by atoms with E-state index in [9.17, 15) is 31.2 Å². The lowest BCUT2D eigenvalue weighted by atomic mass is 10.1. The zero-order valence-corrected chi connectivity index (χ0v) is 14.4. The number of rotatable bonds is 6. The molecule has 0 aliphatic carbocycles. The van der Waals surface area contributed by atoms with E-state index in [0.717, 1.165) is 6.07 Å². The maximum atomic E-state index is 12.5. The van der Waals surface area contributed by atoms with Crippen LogP contribution in [0, 0.1) is 0 Å². The van der Waals surface area contributed by atoms with Gasteiger partial charge in [-0.2, -0.15) is 21.6 Å². The number of halogens is 3. The second-order valence-corrected chi connectivity index (χ2v) is 7.06. The fourth-order valence-electron chi connectivity index (χ4n) is 2.08. The molecule has 0 atom stereocenters. The highest BCUT2D eigenvalue weighted by Crippen LogP contribution is 2.27. The van der Waals surface area contributed by atoms with E-state index in [1.165, 1.54) is 35.1 Å². The van der Waals surface area contributed by atoms with Crippen LogP contribution >= 0.6 is 0 Å². The molecule has 0 aliphatic heterocycles. The molecule has 0 saturated carbocycles. The van der Waals surface area contributed by atoms with E-state index in [-0.39, 0.29) is 12.0 Å². The first kappa shape index (κ1) is 20.2. The Bertz CT molecular complexity index is 958. The molecular formula is C16H14F3N3O4S. The van der Waals surface area contributed by atoms with Crippen LogP contribution in [0.2, 0.25) is 0 Å². The minimum absolute atomic E-state index is 0.0102. The molecule has 11 heteroatoms. The van der Waals surface area contributed by atoms with E-state index < -0.39 is 33.0 Å². The van der Waals surface area contributed by atoms with E-state index in [4.69, 9.17) is 5.73 Å². The summed E-state index contributed by atoms with van der Waals surface area (Å²) < 4.78 is 61.5. The van der Waals surface area contributed by atoms with Crippen LogP contribution in [-0.2, 0) is 21.2 Å². The van der Waals surface area contributed by atoms with E-state index in [1.54, 1.807) is 12.1 Å². The molecule has 0 radical (unpaired) electrons. The van der Waals surface area contributed by atoms with E-state index in [1.807, 2.05) is 0 Å². The molecule has 2 amide bonds. The van der Waals surface area contributed by atoms with Gasteiger partial charge in [0.15, 0.2) is 0 Å². The van der Waals surface area contributed by atoms with Crippen LogP contribution in [0.3, 0.4) is 0 Å². The van der Waals surface area contributed by atoms with Crippen LogP contribution in [0.1, 0.15) is 15.9 Å². The Morgan fingerprint density at radius 3 is 2.15 bits per heavy atom. The molecule has 0 aliphatic rings. The lowest BCUT2D eigenvalue weighted by Crippen LogP contribution is -2.30. The number of benzene rings is 2. The standard InChI is InChI=1S/C16H14F3N3O4S/c17-16(18,19)27(25,26)22-13-4-2-1-3-12(13)15(24)21-11-7-5-10(6-8-11)9-14(20)23/h1-8,22H,9H2,(H2,20,23)(H,21,24). The van der Waals surface area contributed by atoms with Crippen LogP contribution in [0.5, 0.6) is 0 Å². The average Bonchev–Trinajstić information content (AvgIpc) is 2.55. The summed E-state index contributed by atoms with van der Waals surface area (Å²) in [7, 11) is -5.67. The lowest BCUT2D eigenvalue weighted by molar-refractivity contribution is -0.117. The van der Waals surface area contributed by atoms with Gasteiger partial charge in [-0.25, -0.2) is 0 Å². The summed E-state index contributed by atoms with van der Waals surface area (Å²) in [5, 5.41) is 2.43. The Kier molecular flexibility index (Phi) is 5.74.